The van der Waals surface area contributed by atoms with Gasteiger partial charge in [0.1, 0.15) is 0 Å². The molecule has 0 spiro atoms. The summed E-state index contributed by atoms with van der Waals surface area (Å²) in [6, 6.07) is 12.1. The van der Waals surface area contributed by atoms with E-state index in [0.717, 1.165) is 22.0 Å². The van der Waals surface area contributed by atoms with Gasteiger partial charge in [0.2, 0.25) is 0 Å². The number of rotatable bonds is 0. The summed E-state index contributed by atoms with van der Waals surface area (Å²) in [6.45, 7) is 4.19. The fourth-order valence-electron chi connectivity index (χ4n) is 2.16. The second-order valence-electron chi connectivity index (χ2n) is 4.89. The number of nitrogens with two attached hydrogens (primary N) is 1. The topological polar surface area (TPSA) is 54.7 Å². The fourth-order valence-corrected chi connectivity index (χ4v) is 2.16. The molecule has 0 aliphatic rings. The summed E-state index contributed by atoms with van der Waals surface area (Å²) in [4.78, 5) is 0. The second-order valence-corrected chi connectivity index (χ2v) is 4.89. The lowest BCUT2D eigenvalue weighted by molar-refractivity contribution is 1.13. The average Bonchev–Trinajstić information content (AvgIpc) is 2.83. The van der Waals surface area contributed by atoms with Crippen LogP contribution in [0.1, 0.15) is 22.3 Å². The van der Waals surface area contributed by atoms with Crippen LogP contribution in [0.5, 0.6) is 0 Å². The molecule has 1 heterocycles. The number of anilines is 1. The summed E-state index contributed by atoms with van der Waals surface area (Å²) in [5.41, 5.74) is 11.2. The maximum Gasteiger partial charge on any atom is 0.154 e. The van der Waals surface area contributed by atoms with Crippen LogP contribution in [0, 0.1) is 25.7 Å². The van der Waals surface area contributed by atoms with Crippen LogP contribution in [-0.4, -0.2) is 10.2 Å². The first-order valence-corrected chi connectivity index (χ1v) is 6.47. The van der Waals surface area contributed by atoms with Gasteiger partial charge in [-0.3, -0.25) is 5.10 Å². The van der Waals surface area contributed by atoms with Crippen molar-refractivity contribution in [3.63, 3.8) is 0 Å². The average molecular weight is 261 g/mol. The van der Waals surface area contributed by atoms with Gasteiger partial charge in [0.25, 0.3) is 0 Å². The molecule has 0 radical (unpaired) electrons. The molecule has 3 nitrogen and oxygen atoms in total. The van der Waals surface area contributed by atoms with Crippen LogP contribution in [0.4, 0.5) is 5.82 Å². The van der Waals surface area contributed by atoms with E-state index in [1.807, 2.05) is 24.3 Å². The summed E-state index contributed by atoms with van der Waals surface area (Å²) in [6.07, 6.45) is 0. The highest BCUT2D eigenvalue weighted by atomic mass is 15.1. The van der Waals surface area contributed by atoms with E-state index in [1.54, 1.807) is 0 Å². The third-order valence-electron chi connectivity index (χ3n) is 3.47. The predicted octanol–water partition coefficient (Wildman–Crippen LogP) is 3.16. The number of aromatic amines is 1. The van der Waals surface area contributed by atoms with Gasteiger partial charge in [-0.05, 0) is 49.2 Å². The summed E-state index contributed by atoms with van der Waals surface area (Å²) < 4.78 is 0. The van der Waals surface area contributed by atoms with Gasteiger partial charge in [-0.15, -0.1) is 0 Å². The maximum atomic E-state index is 5.88. The minimum absolute atomic E-state index is 0.491. The highest BCUT2D eigenvalue weighted by Crippen LogP contribution is 2.21. The predicted molar refractivity (Wildman–Crippen MR) is 82.4 cm³/mol. The Balaban J connectivity index is 2.08. The molecule has 0 aliphatic heterocycles. The number of hydrogen-bond donors (Lipinski definition) is 2. The number of nitrogen functional groups attached to an aromatic ring is 1. The SMILES string of the molecule is Cc1ccc(C#Cc2cccc3[nH]nc(N)c23)cc1C. The Hall–Kier alpha value is -2.73. The first kappa shape index (κ1) is 12.3. The van der Waals surface area contributed by atoms with E-state index in [-0.39, 0.29) is 0 Å². The minimum Gasteiger partial charge on any atom is -0.382 e. The van der Waals surface area contributed by atoms with Crippen LogP contribution in [0.15, 0.2) is 36.4 Å². The van der Waals surface area contributed by atoms with E-state index >= 15 is 0 Å². The molecule has 3 aromatic rings. The Morgan fingerprint density at radius 1 is 1.05 bits per heavy atom. The smallest absolute Gasteiger partial charge is 0.154 e. The lowest BCUT2D eigenvalue weighted by atomic mass is 10.1. The van der Waals surface area contributed by atoms with Crippen LogP contribution < -0.4 is 5.73 Å². The van der Waals surface area contributed by atoms with Gasteiger partial charge in [0.05, 0.1) is 10.9 Å². The summed E-state index contributed by atoms with van der Waals surface area (Å²) >= 11 is 0. The molecule has 2 aromatic carbocycles. The van der Waals surface area contributed by atoms with Gasteiger partial charge >= 0.3 is 0 Å². The molecule has 0 saturated carbocycles. The molecule has 1 aromatic heterocycles. The van der Waals surface area contributed by atoms with Crippen LogP contribution in [0.2, 0.25) is 0 Å². The minimum atomic E-state index is 0.491. The van der Waals surface area contributed by atoms with Crippen molar-refractivity contribution in [3.8, 4) is 11.8 Å². The molecule has 20 heavy (non-hydrogen) atoms. The molecule has 0 saturated heterocycles. The van der Waals surface area contributed by atoms with Crippen LogP contribution in [-0.2, 0) is 0 Å². The maximum absolute atomic E-state index is 5.88. The van der Waals surface area contributed by atoms with Crippen molar-refractivity contribution >= 4 is 16.7 Å². The van der Waals surface area contributed by atoms with E-state index in [4.69, 9.17) is 5.73 Å². The third kappa shape index (κ3) is 2.12. The molecule has 98 valence electrons. The van der Waals surface area contributed by atoms with E-state index in [0.29, 0.717) is 5.82 Å². The molecule has 0 amide bonds. The quantitative estimate of drug-likeness (QED) is 0.611. The molecule has 0 unspecified atom stereocenters. The fraction of sp³-hybridized carbons (Fsp3) is 0.118. The Bertz CT molecular complexity index is 848. The van der Waals surface area contributed by atoms with Crippen molar-refractivity contribution in [3.05, 3.63) is 58.7 Å². The van der Waals surface area contributed by atoms with E-state index in [2.05, 4.69) is 48.0 Å². The van der Waals surface area contributed by atoms with Gasteiger partial charge < -0.3 is 5.73 Å². The van der Waals surface area contributed by atoms with Gasteiger partial charge in [0, 0.05) is 11.1 Å². The number of nitrogens with zero attached hydrogens (tertiary/aromatic N) is 1. The zero-order chi connectivity index (χ0) is 14.1. The zero-order valence-electron chi connectivity index (χ0n) is 11.5. The van der Waals surface area contributed by atoms with Crippen LogP contribution in [0.3, 0.4) is 0 Å². The Morgan fingerprint density at radius 3 is 2.70 bits per heavy atom. The molecular formula is C17H15N3. The first-order valence-electron chi connectivity index (χ1n) is 6.47. The van der Waals surface area contributed by atoms with Crippen LogP contribution in [0.25, 0.3) is 10.9 Å². The van der Waals surface area contributed by atoms with Gasteiger partial charge in [-0.25, -0.2) is 0 Å². The number of fused-ring (bicyclic) bond motifs is 1. The number of H-pyrrole nitrogens is 1. The summed E-state index contributed by atoms with van der Waals surface area (Å²) in [5, 5.41) is 7.81. The number of nitrogens with one attached hydrogen (secondary N) is 1. The van der Waals surface area contributed by atoms with E-state index in [1.165, 1.54) is 11.1 Å². The zero-order valence-corrected chi connectivity index (χ0v) is 11.5. The normalized spacial score (nSPS) is 10.3. The Kier molecular flexibility index (Phi) is 2.92. The Morgan fingerprint density at radius 2 is 1.90 bits per heavy atom. The molecule has 0 aliphatic carbocycles. The van der Waals surface area contributed by atoms with Crippen molar-refractivity contribution < 1.29 is 0 Å². The summed E-state index contributed by atoms with van der Waals surface area (Å²) in [5.74, 6) is 6.87. The number of benzene rings is 2. The molecular weight excluding hydrogens is 246 g/mol. The van der Waals surface area contributed by atoms with Gasteiger partial charge in [0.15, 0.2) is 5.82 Å². The van der Waals surface area contributed by atoms with Gasteiger partial charge in [-0.1, -0.05) is 24.0 Å². The molecule has 3 heteroatoms. The first-order chi connectivity index (χ1) is 9.65. The van der Waals surface area contributed by atoms with Crippen molar-refractivity contribution in [1.29, 1.82) is 0 Å². The highest BCUT2D eigenvalue weighted by molar-refractivity contribution is 5.93. The van der Waals surface area contributed by atoms with Gasteiger partial charge in [-0.2, -0.15) is 5.10 Å². The standard InChI is InChI=1S/C17H15N3/c1-11-6-7-13(10-12(11)2)8-9-14-4-3-5-15-16(14)17(18)20-19-15/h3-7,10H,1-2H3,(H3,18,19,20). The van der Waals surface area contributed by atoms with Crippen LogP contribution >= 0.6 is 0 Å². The largest absolute Gasteiger partial charge is 0.382 e. The number of hydrogen-bond acceptors (Lipinski definition) is 2. The van der Waals surface area contributed by atoms with Crippen molar-refractivity contribution in [2.45, 2.75) is 13.8 Å². The molecule has 0 bridgehead atoms. The summed E-state index contributed by atoms with van der Waals surface area (Å²) in [7, 11) is 0. The highest BCUT2D eigenvalue weighted by Gasteiger charge is 2.05. The molecule has 3 N–H and O–H groups in total. The van der Waals surface area contributed by atoms with E-state index < -0.39 is 0 Å². The monoisotopic (exact) mass is 261 g/mol. The third-order valence-corrected chi connectivity index (χ3v) is 3.47. The van der Waals surface area contributed by atoms with E-state index in [9.17, 15) is 0 Å². The molecule has 0 fully saturated rings. The molecule has 3 rings (SSSR count). The molecule has 0 atom stereocenters. The Labute approximate surface area is 117 Å². The lowest BCUT2D eigenvalue weighted by Gasteiger charge is -1.99. The number of aromatic nitrogens is 2. The van der Waals surface area contributed by atoms with Crippen molar-refractivity contribution in [2.24, 2.45) is 0 Å². The lowest BCUT2D eigenvalue weighted by Crippen LogP contribution is -1.87. The van der Waals surface area contributed by atoms with Crippen molar-refractivity contribution in [2.75, 3.05) is 5.73 Å². The number of aryl methyl sites for hydroxylation is 2. The second kappa shape index (κ2) is 4.75. The van der Waals surface area contributed by atoms with Crippen molar-refractivity contribution in [1.82, 2.24) is 10.2 Å².